The van der Waals surface area contributed by atoms with Crippen molar-refractivity contribution >= 4 is 23.4 Å². The minimum atomic E-state index is 0.578. The van der Waals surface area contributed by atoms with E-state index in [-0.39, 0.29) is 0 Å². The number of thioether (sulfide) groups is 1. The van der Waals surface area contributed by atoms with Crippen molar-refractivity contribution in [1.82, 2.24) is 4.90 Å². The van der Waals surface area contributed by atoms with E-state index in [1.807, 2.05) is 0 Å². The van der Waals surface area contributed by atoms with Gasteiger partial charge in [0.15, 0.2) is 5.96 Å². The number of benzene rings is 1. The number of para-hydroxylation sites is 1. The van der Waals surface area contributed by atoms with Gasteiger partial charge in [-0.05, 0) is 36.6 Å². The Kier molecular flexibility index (Phi) is 6.58. The number of likely N-dealkylation sites (tertiary alicyclic amines) is 1. The van der Waals surface area contributed by atoms with Gasteiger partial charge >= 0.3 is 0 Å². The Hall–Kier alpha value is -1.20. The van der Waals surface area contributed by atoms with Crippen LogP contribution in [0.15, 0.2) is 34.2 Å². The maximum absolute atomic E-state index is 5.65. The van der Waals surface area contributed by atoms with E-state index in [2.05, 4.69) is 54.6 Å². The molecule has 5 heteroatoms. The fourth-order valence-electron chi connectivity index (χ4n) is 3.09. The lowest BCUT2D eigenvalue weighted by molar-refractivity contribution is 0.213. The average molecular weight is 321 g/mol. The number of anilines is 1. The first-order valence-electron chi connectivity index (χ1n) is 8.03. The van der Waals surface area contributed by atoms with Gasteiger partial charge in [-0.1, -0.05) is 26.0 Å². The van der Waals surface area contributed by atoms with Crippen molar-refractivity contribution in [2.45, 2.75) is 25.2 Å². The summed E-state index contributed by atoms with van der Waals surface area (Å²) in [6.07, 6.45) is 3.39. The second-order valence-electron chi connectivity index (χ2n) is 6.17. The van der Waals surface area contributed by atoms with Crippen LogP contribution in [0.4, 0.5) is 5.69 Å². The van der Waals surface area contributed by atoms with Gasteiger partial charge in [0.1, 0.15) is 0 Å². The third-order valence-electron chi connectivity index (χ3n) is 3.91. The Bertz CT molecular complexity index is 493. The number of nitrogens with zero attached hydrogens (tertiary/aromatic N) is 2. The summed E-state index contributed by atoms with van der Waals surface area (Å²) >= 11 is 1.75. The zero-order valence-electron chi connectivity index (χ0n) is 13.9. The molecule has 1 aromatic rings. The lowest BCUT2D eigenvalue weighted by Gasteiger charge is -2.37. The summed E-state index contributed by atoms with van der Waals surface area (Å²) in [4.78, 5) is 8.32. The van der Waals surface area contributed by atoms with Crippen molar-refractivity contribution in [2.24, 2.45) is 22.6 Å². The minimum absolute atomic E-state index is 0.578. The normalized spacial score (nSPS) is 22.7. The van der Waals surface area contributed by atoms with Gasteiger partial charge in [-0.3, -0.25) is 4.99 Å². The quantitative estimate of drug-likeness (QED) is 0.508. The second kappa shape index (κ2) is 8.44. The first kappa shape index (κ1) is 17.2. The molecule has 0 spiro atoms. The highest BCUT2D eigenvalue weighted by atomic mass is 32.2. The SMILES string of the molecule is CSc1ccccc1NC(=NCCN)N1CC(C)CC(C)C1. The molecule has 1 aromatic carbocycles. The molecule has 0 amide bonds. The first-order valence-corrected chi connectivity index (χ1v) is 9.26. The predicted octanol–water partition coefficient (Wildman–Crippen LogP) is 3.11. The molecular weight excluding hydrogens is 292 g/mol. The number of nitrogens with two attached hydrogens (primary N) is 1. The van der Waals surface area contributed by atoms with Gasteiger partial charge in [0.2, 0.25) is 0 Å². The summed E-state index contributed by atoms with van der Waals surface area (Å²) in [5.74, 6) is 2.36. The molecule has 0 aromatic heterocycles. The third kappa shape index (κ3) is 4.65. The van der Waals surface area contributed by atoms with Gasteiger partial charge in [-0.2, -0.15) is 0 Å². The van der Waals surface area contributed by atoms with Gasteiger partial charge in [0.05, 0.1) is 12.2 Å². The molecule has 2 atom stereocenters. The van der Waals surface area contributed by atoms with E-state index in [4.69, 9.17) is 10.7 Å². The molecule has 122 valence electrons. The largest absolute Gasteiger partial charge is 0.342 e. The monoisotopic (exact) mass is 320 g/mol. The number of guanidine groups is 1. The molecule has 1 aliphatic rings. The van der Waals surface area contributed by atoms with Crippen LogP contribution < -0.4 is 11.1 Å². The van der Waals surface area contributed by atoms with Gasteiger partial charge in [0, 0.05) is 24.5 Å². The van der Waals surface area contributed by atoms with E-state index in [0.717, 1.165) is 24.7 Å². The van der Waals surface area contributed by atoms with Crippen LogP contribution in [0, 0.1) is 11.8 Å². The van der Waals surface area contributed by atoms with Crippen molar-refractivity contribution in [3.05, 3.63) is 24.3 Å². The third-order valence-corrected chi connectivity index (χ3v) is 4.71. The van der Waals surface area contributed by atoms with Crippen LogP contribution in [0.25, 0.3) is 0 Å². The van der Waals surface area contributed by atoms with Crippen LogP contribution in [0.2, 0.25) is 0 Å². The maximum atomic E-state index is 5.65. The summed E-state index contributed by atoms with van der Waals surface area (Å²) in [6, 6.07) is 8.37. The molecule has 1 saturated heterocycles. The average Bonchev–Trinajstić information content (AvgIpc) is 2.50. The summed E-state index contributed by atoms with van der Waals surface area (Å²) in [5.41, 5.74) is 6.77. The summed E-state index contributed by atoms with van der Waals surface area (Å²) < 4.78 is 0. The number of hydrogen-bond acceptors (Lipinski definition) is 3. The Morgan fingerprint density at radius 2 is 2.00 bits per heavy atom. The minimum Gasteiger partial charge on any atom is -0.342 e. The van der Waals surface area contributed by atoms with E-state index in [1.54, 1.807) is 11.8 Å². The van der Waals surface area contributed by atoms with E-state index in [9.17, 15) is 0 Å². The molecular formula is C17H28N4S. The Balaban J connectivity index is 2.19. The molecule has 1 heterocycles. The van der Waals surface area contributed by atoms with Crippen molar-refractivity contribution in [1.29, 1.82) is 0 Å². The smallest absolute Gasteiger partial charge is 0.198 e. The summed E-state index contributed by atoms with van der Waals surface area (Å²) in [6.45, 7) is 7.99. The predicted molar refractivity (Wildman–Crippen MR) is 97.7 cm³/mol. The number of nitrogens with one attached hydrogen (secondary N) is 1. The molecule has 2 rings (SSSR count). The molecule has 0 saturated carbocycles. The van der Waals surface area contributed by atoms with Gasteiger partial charge in [-0.25, -0.2) is 0 Å². The van der Waals surface area contributed by atoms with E-state index < -0.39 is 0 Å². The Labute approximate surface area is 138 Å². The molecule has 1 fully saturated rings. The van der Waals surface area contributed by atoms with E-state index in [1.165, 1.54) is 11.3 Å². The zero-order chi connectivity index (χ0) is 15.9. The lowest BCUT2D eigenvalue weighted by Crippen LogP contribution is -2.46. The van der Waals surface area contributed by atoms with Crippen LogP contribution in [-0.2, 0) is 0 Å². The molecule has 1 aliphatic heterocycles. The first-order chi connectivity index (χ1) is 10.6. The molecule has 0 aliphatic carbocycles. The van der Waals surface area contributed by atoms with E-state index in [0.29, 0.717) is 24.9 Å². The van der Waals surface area contributed by atoms with E-state index >= 15 is 0 Å². The highest BCUT2D eigenvalue weighted by Crippen LogP contribution is 2.26. The number of piperidine rings is 1. The van der Waals surface area contributed by atoms with Crippen molar-refractivity contribution in [3.63, 3.8) is 0 Å². The van der Waals surface area contributed by atoms with Crippen LogP contribution in [0.3, 0.4) is 0 Å². The standard InChI is InChI=1S/C17H28N4S/c1-13-10-14(2)12-21(11-13)17(19-9-8-18)20-15-6-4-5-7-16(15)22-3/h4-7,13-14H,8-12,18H2,1-3H3,(H,19,20). The molecule has 0 bridgehead atoms. The topological polar surface area (TPSA) is 53.6 Å². The van der Waals surface area contributed by atoms with Crippen LogP contribution in [0.1, 0.15) is 20.3 Å². The van der Waals surface area contributed by atoms with Crippen LogP contribution >= 0.6 is 11.8 Å². The zero-order valence-corrected chi connectivity index (χ0v) is 14.7. The Morgan fingerprint density at radius 1 is 1.32 bits per heavy atom. The number of rotatable bonds is 4. The van der Waals surface area contributed by atoms with Crippen molar-refractivity contribution < 1.29 is 0 Å². The fourth-order valence-corrected chi connectivity index (χ4v) is 3.65. The van der Waals surface area contributed by atoms with Crippen molar-refractivity contribution in [2.75, 3.05) is 37.8 Å². The number of aliphatic imine (C=N–C) groups is 1. The maximum Gasteiger partial charge on any atom is 0.198 e. The molecule has 3 N–H and O–H groups in total. The molecule has 22 heavy (non-hydrogen) atoms. The van der Waals surface area contributed by atoms with Crippen LogP contribution in [-0.4, -0.2) is 43.3 Å². The van der Waals surface area contributed by atoms with Crippen molar-refractivity contribution in [3.8, 4) is 0 Å². The molecule has 0 radical (unpaired) electrons. The molecule has 2 unspecified atom stereocenters. The number of hydrogen-bond donors (Lipinski definition) is 2. The summed E-state index contributed by atoms with van der Waals surface area (Å²) in [5, 5.41) is 3.54. The second-order valence-corrected chi connectivity index (χ2v) is 7.02. The van der Waals surface area contributed by atoms with Crippen LogP contribution in [0.5, 0.6) is 0 Å². The fraction of sp³-hybridized carbons (Fsp3) is 0.588. The molecule has 4 nitrogen and oxygen atoms in total. The highest BCUT2D eigenvalue weighted by molar-refractivity contribution is 7.98. The van der Waals surface area contributed by atoms with Gasteiger partial charge in [-0.15, -0.1) is 11.8 Å². The Morgan fingerprint density at radius 3 is 2.64 bits per heavy atom. The summed E-state index contributed by atoms with van der Waals surface area (Å²) in [7, 11) is 0. The highest BCUT2D eigenvalue weighted by Gasteiger charge is 2.24. The van der Waals surface area contributed by atoms with Gasteiger partial charge in [0.25, 0.3) is 0 Å². The van der Waals surface area contributed by atoms with Gasteiger partial charge < -0.3 is 16.0 Å². The lowest BCUT2D eigenvalue weighted by atomic mass is 9.92.